The van der Waals surface area contributed by atoms with Gasteiger partial charge in [0.2, 0.25) is 0 Å². The highest BCUT2D eigenvalue weighted by atomic mass is 35.5. The molecule has 3 rings (SSSR count). The number of hydrogen-bond donors (Lipinski definition) is 0. The monoisotopic (exact) mass is 383 g/mol. The van der Waals surface area contributed by atoms with Crippen LogP contribution in [0.3, 0.4) is 0 Å². The van der Waals surface area contributed by atoms with Crippen LogP contribution < -0.4 is 5.06 Å². The maximum atomic E-state index is 14.5. The molecule has 0 atom stereocenters. The lowest BCUT2D eigenvalue weighted by molar-refractivity contribution is -0.142. The summed E-state index contributed by atoms with van der Waals surface area (Å²) in [6.45, 7) is 3.24. The Bertz CT molecular complexity index is 942. The molecule has 2 aromatic heterocycles. The van der Waals surface area contributed by atoms with Gasteiger partial charge >= 0.3 is 5.97 Å². The third-order valence-corrected chi connectivity index (χ3v) is 3.92. The Balaban J connectivity index is 2.40. The van der Waals surface area contributed by atoms with Gasteiger partial charge in [0, 0.05) is 12.5 Å². The Hall–Kier alpha value is -2.45. The van der Waals surface area contributed by atoms with E-state index < -0.39 is 11.8 Å². The van der Waals surface area contributed by atoms with Crippen LogP contribution in [0.2, 0.25) is 10.2 Å². The zero-order valence-electron chi connectivity index (χ0n) is 13.2. The lowest BCUT2D eigenvalue weighted by Gasteiger charge is -2.24. The highest BCUT2D eigenvalue weighted by Gasteiger charge is 2.27. The maximum Gasteiger partial charge on any atom is 0.329 e. The summed E-state index contributed by atoms with van der Waals surface area (Å²) < 4.78 is 15.8. The fraction of sp³-hybridized carbons (Fsp3) is 0.200. The molecule has 1 aromatic carbocycles. The number of carbonyl (C=O) groups is 1. The number of rotatable bonds is 4. The Morgan fingerprint density at radius 1 is 1.36 bits per heavy atom. The minimum atomic E-state index is -0.601. The summed E-state index contributed by atoms with van der Waals surface area (Å²) in [5, 5.41) is 5.38. The van der Waals surface area contributed by atoms with Gasteiger partial charge in [-0.2, -0.15) is 24.6 Å². The van der Waals surface area contributed by atoms with E-state index in [1.165, 1.54) is 41.0 Å². The number of benzene rings is 1. The molecule has 0 fully saturated rings. The summed E-state index contributed by atoms with van der Waals surface area (Å²) >= 11 is 12.5. The zero-order chi connectivity index (χ0) is 18.1. The van der Waals surface area contributed by atoms with Crippen LogP contribution in [0.1, 0.15) is 13.8 Å². The van der Waals surface area contributed by atoms with E-state index in [-0.39, 0.29) is 39.4 Å². The molecular formula is C15H12Cl2FN5O2. The molecule has 0 aliphatic heterocycles. The quantitative estimate of drug-likeness (QED) is 0.506. The lowest BCUT2D eigenvalue weighted by atomic mass is 10.1. The summed E-state index contributed by atoms with van der Waals surface area (Å²) in [6.07, 6.45) is 1.26. The fourth-order valence-corrected chi connectivity index (χ4v) is 2.91. The van der Waals surface area contributed by atoms with Crippen molar-refractivity contribution in [2.75, 3.05) is 11.6 Å². The van der Waals surface area contributed by atoms with Gasteiger partial charge in [-0.3, -0.25) is 4.79 Å². The standard InChI is InChI=1S/C15H12Cl2FN5O2/c1-3-22(25-8(2)24)14-12(11-9(16)5-4-6-10(11)18)13(17)21-15-19-7-20-23(14)15/h4-7H,3H2,1-2H3. The number of aromatic nitrogens is 4. The average Bonchev–Trinajstić information content (AvgIpc) is 3.00. The van der Waals surface area contributed by atoms with Crippen LogP contribution in [0.4, 0.5) is 10.2 Å². The normalized spacial score (nSPS) is 10.9. The van der Waals surface area contributed by atoms with Crippen molar-refractivity contribution in [1.82, 2.24) is 19.6 Å². The Kier molecular flexibility index (Phi) is 4.73. The summed E-state index contributed by atoms with van der Waals surface area (Å²) in [7, 11) is 0. The van der Waals surface area contributed by atoms with Crippen molar-refractivity contribution in [3.63, 3.8) is 0 Å². The number of fused-ring (bicyclic) bond motifs is 1. The molecule has 0 spiro atoms. The molecule has 3 aromatic rings. The van der Waals surface area contributed by atoms with E-state index in [4.69, 9.17) is 28.0 Å². The summed E-state index contributed by atoms with van der Waals surface area (Å²) in [5.41, 5.74) is 0.172. The molecule has 25 heavy (non-hydrogen) atoms. The first kappa shape index (κ1) is 17.4. The highest BCUT2D eigenvalue weighted by Crippen LogP contribution is 2.41. The molecule has 0 saturated carbocycles. The predicted molar refractivity (Wildman–Crippen MR) is 91.0 cm³/mol. The number of nitrogens with zero attached hydrogens (tertiary/aromatic N) is 5. The van der Waals surface area contributed by atoms with E-state index in [2.05, 4.69) is 15.1 Å². The number of halogens is 3. The van der Waals surface area contributed by atoms with Gasteiger partial charge in [0.1, 0.15) is 17.3 Å². The van der Waals surface area contributed by atoms with Crippen molar-refractivity contribution in [2.45, 2.75) is 13.8 Å². The van der Waals surface area contributed by atoms with Crippen LogP contribution in [0.25, 0.3) is 16.9 Å². The van der Waals surface area contributed by atoms with Gasteiger partial charge in [-0.05, 0) is 19.1 Å². The summed E-state index contributed by atoms with van der Waals surface area (Å²) in [6, 6.07) is 4.24. The first-order valence-corrected chi connectivity index (χ1v) is 7.99. The minimum Gasteiger partial charge on any atom is -0.340 e. The van der Waals surface area contributed by atoms with Gasteiger partial charge in [0.15, 0.2) is 5.82 Å². The molecule has 0 amide bonds. The smallest absolute Gasteiger partial charge is 0.329 e. The molecule has 0 aliphatic rings. The number of carbonyl (C=O) groups excluding carboxylic acids is 1. The van der Waals surface area contributed by atoms with Crippen LogP contribution in [-0.2, 0) is 9.63 Å². The molecule has 0 N–H and O–H groups in total. The van der Waals surface area contributed by atoms with Gasteiger partial charge in [-0.1, -0.05) is 29.3 Å². The summed E-state index contributed by atoms with van der Waals surface area (Å²) in [4.78, 5) is 24.8. The topological polar surface area (TPSA) is 72.6 Å². The highest BCUT2D eigenvalue weighted by molar-refractivity contribution is 6.36. The van der Waals surface area contributed by atoms with Crippen LogP contribution >= 0.6 is 23.2 Å². The van der Waals surface area contributed by atoms with Crippen molar-refractivity contribution < 1.29 is 14.0 Å². The van der Waals surface area contributed by atoms with E-state index in [1.807, 2.05) is 0 Å². The van der Waals surface area contributed by atoms with Gasteiger partial charge in [-0.15, -0.1) is 0 Å². The second-order valence-corrected chi connectivity index (χ2v) is 5.71. The largest absolute Gasteiger partial charge is 0.340 e. The van der Waals surface area contributed by atoms with E-state index in [1.54, 1.807) is 6.92 Å². The van der Waals surface area contributed by atoms with Crippen molar-refractivity contribution in [3.05, 3.63) is 40.5 Å². The molecular weight excluding hydrogens is 372 g/mol. The average molecular weight is 384 g/mol. The first-order valence-electron chi connectivity index (χ1n) is 7.23. The first-order chi connectivity index (χ1) is 11.9. The molecule has 0 saturated heterocycles. The maximum absolute atomic E-state index is 14.5. The molecule has 7 nitrogen and oxygen atoms in total. The lowest BCUT2D eigenvalue weighted by Crippen LogP contribution is -2.29. The predicted octanol–water partition coefficient (Wildman–Crippen LogP) is 3.54. The number of hydroxylamine groups is 1. The Morgan fingerprint density at radius 2 is 2.12 bits per heavy atom. The van der Waals surface area contributed by atoms with Gasteiger partial charge in [0.25, 0.3) is 5.78 Å². The molecule has 10 heteroatoms. The van der Waals surface area contributed by atoms with Crippen LogP contribution in [0.15, 0.2) is 24.5 Å². The molecule has 0 radical (unpaired) electrons. The number of anilines is 1. The zero-order valence-corrected chi connectivity index (χ0v) is 14.7. The second kappa shape index (κ2) is 6.81. The van der Waals surface area contributed by atoms with E-state index in [0.29, 0.717) is 0 Å². The van der Waals surface area contributed by atoms with Gasteiger partial charge in [-0.25, -0.2) is 4.39 Å². The summed E-state index contributed by atoms with van der Waals surface area (Å²) in [5.74, 6) is -0.802. The Morgan fingerprint density at radius 3 is 2.76 bits per heavy atom. The molecule has 2 heterocycles. The van der Waals surface area contributed by atoms with Crippen molar-refractivity contribution in [1.29, 1.82) is 0 Å². The molecule has 0 unspecified atom stereocenters. The van der Waals surface area contributed by atoms with Crippen LogP contribution in [0, 0.1) is 5.82 Å². The fourth-order valence-electron chi connectivity index (χ4n) is 2.40. The second-order valence-electron chi connectivity index (χ2n) is 4.95. The third-order valence-electron chi connectivity index (χ3n) is 3.33. The number of hydrogen-bond acceptors (Lipinski definition) is 6. The third kappa shape index (κ3) is 3.10. The molecule has 130 valence electrons. The van der Waals surface area contributed by atoms with E-state index in [9.17, 15) is 9.18 Å². The molecule has 0 bridgehead atoms. The molecule has 0 aliphatic carbocycles. The SMILES string of the molecule is CCN(OC(C)=O)c1c(-c2c(F)cccc2Cl)c(Cl)nc2ncnn12. The van der Waals surface area contributed by atoms with Crippen LogP contribution in [-0.4, -0.2) is 32.1 Å². The van der Waals surface area contributed by atoms with Gasteiger partial charge in [0.05, 0.1) is 17.1 Å². The van der Waals surface area contributed by atoms with E-state index >= 15 is 0 Å². The Labute approximate surface area is 151 Å². The van der Waals surface area contributed by atoms with Crippen molar-refractivity contribution in [3.8, 4) is 11.1 Å². The van der Waals surface area contributed by atoms with E-state index in [0.717, 1.165) is 0 Å². The van der Waals surface area contributed by atoms with Crippen LogP contribution in [0.5, 0.6) is 0 Å². The van der Waals surface area contributed by atoms with Crippen molar-refractivity contribution >= 4 is 40.8 Å². The minimum absolute atomic E-state index is 0.0275. The van der Waals surface area contributed by atoms with Gasteiger partial charge < -0.3 is 4.84 Å². The van der Waals surface area contributed by atoms with Crippen molar-refractivity contribution in [2.24, 2.45) is 0 Å².